The molecule has 0 bridgehead atoms. The number of nitrogens with zero attached hydrogens (tertiary/aromatic N) is 1. The third-order valence-corrected chi connectivity index (χ3v) is 7.74. The molecule has 5 rings (SSSR count). The molecule has 0 radical (unpaired) electrons. The van der Waals surface area contributed by atoms with Gasteiger partial charge in [-0.3, -0.25) is 14.1 Å². The fraction of sp³-hybridized carbons (Fsp3) is 0.300. The number of likely N-dealkylation sites (tertiary alicyclic amines) is 1. The van der Waals surface area contributed by atoms with Crippen molar-refractivity contribution in [3.63, 3.8) is 0 Å². The lowest BCUT2D eigenvalue weighted by Crippen LogP contribution is -2.53. The predicted octanol–water partition coefficient (Wildman–Crippen LogP) is 7.41. The Balaban J connectivity index is 1.39. The summed E-state index contributed by atoms with van der Waals surface area (Å²) in [5, 5.41) is 0.861. The summed E-state index contributed by atoms with van der Waals surface area (Å²) < 4.78 is 39.5. The molecule has 4 nitrogen and oxygen atoms in total. The van der Waals surface area contributed by atoms with Gasteiger partial charge in [-0.15, -0.1) is 11.3 Å². The van der Waals surface area contributed by atoms with E-state index >= 15 is 0 Å². The monoisotopic (exact) mass is 521 g/mol. The highest BCUT2D eigenvalue weighted by Gasteiger charge is 2.28. The van der Waals surface area contributed by atoms with Crippen molar-refractivity contribution in [1.29, 1.82) is 0 Å². The standard InChI is InChI=1S/C30H29F2NO3S/c1-18-5-10-25-26(13-18)37-30(28(34)27-19(2)14-21(32)15-20(27)3)29(25)36-23-8-6-22(7-9-23)35-24-16-33(17-24)12-4-11-31/h5-10,13-15,24H,4,11-12,16-17H2,1-3H3. The van der Waals surface area contributed by atoms with Gasteiger partial charge >= 0.3 is 0 Å². The summed E-state index contributed by atoms with van der Waals surface area (Å²) >= 11 is 1.39. The van der Waals surface area contributed by atoms with E-state index in [2.05, 4.69) is 4.90 Å². The molecular formula is C30H29F2NO3S. The quantitative estimate of drug-likeness (QED) is 0.215. The molecule has 3 aromatic carbocycles. The molecule has 0 spiro atoms. The lowest BCUT2D eigenvalue weighted by atomic mass is 9.97. The third-order valence-electron chi connectivity index (χ3n) is 6.61. The van der Waals surface area contributed by atoms with Crippen LogP contribution in [0.3, 0.4) is 0 Å². The summed E-state index contributed by atoms with van der Waals surface area (Å²) in [5.41, 5.74) is 2.79. The average molecular weight is 522 g/mol. The number of alkyl halides is 1. The van der Waals surface area contributed by atoms with E-state index in [1.807, 2.05) is 49.4 Å². The van der Waals surface area contributed by atoms with Crippen LogP contribution in [0.4, 0.5) is 8.78 Å². The minimum Gasteiger partial charge on any atom is -0.488 e. The normalized spacial score (nSPS) is 14.1. The molecule has 0 amide bonds. The highest BCUT2D eigenvalue weighted by Crippen LogP contribution is 2.42. The van der Waals surface area contributed by atoms with Gasteiger partial charge in [0.15, 0.2) is 5.75 Å². The molecule has 1 aromatic heterocycles. The summed E-state index contributed by atoms with van der Waals surface area (Å²) in [4.78, 5) is 16.4. The number of aryl methyl sites for hydroxylation is 3. The molecule has 0 unspecified atom stereocenters. The van der Waals surface area contributed by atoms with Crippen molar-refractivity contribution < 1.29 is 23.0 Å². The van der Waals surface area contributed by atoms with Crippen LogP contribution in [-0.4, -0.2) is 43.1 Å². The SMILES string of the molecule is Cc1ccc2c(Oc3ccc(OC4CN(CCCF)C4)cc3)c(C(=O)c3c(C)cc(F)cc3C)sc2c1. The van der Waals surface area contributed by atoms with Crippen LogP contribution in [0.15, 0.2) is 54.6 Å². The van der Waals surface area contributed by atoms with Gasteiger partial charge in [0.1, 0.15) is 28.3 Å². The number of ketones is 1. The van der Waals surface area contributed by atoms with Gasteiger partial charge in [-0.05, 0) is 92.4 Å². The Hall–Kier alpha value is -3.29. The fourth-order valence-electron chi connectivity index (χ4n) is 4.77. The van der Waals surface area contributed by atoms with Crippen LogP contribution >= 0.6 is 11.3 Å². The van der Waals surface area contributed by atoms with Gasteiger partial charge in [-0.1, -0.05) is 6.07 Å². The predicted molar refractivity (Wildman–Crippen MR) is 144 cm³/mol. The number of rotatable bonds is 9. The summed E-state index contributed by atoms with van der Waals surface area (Å²) in [6, 6.07) is 16.2. The Morgan fingerprint density at radius 1 is 1.00 bits per heavy atom. The Morgan fingerprint density at radius 2 is 1.68 bits per heavy atom. The third kappa shape index (κ3) is 5.38. The first-order valence-electron chi connectivity index (χ1n) is 12.4. The van der Waals surface area contributed by atoms with Crippen LogP contribution in [0.2, 0.25) is 0 Å². The van der Waals surface area contributed by atoms with Crippen molar-refractivity contribution >= 4 is 27.2 Å². The first-order valence-corrected chi connectivity index (χ1v) is 13.2. The van der Waals surface area contributed by atoms with Crippen LogP contribution in [0.1, 0.15) is 38.3 Å². The van der Waals surface area contributed by atoms with Crippen molar-refractivity contribution in [2.24, 2.45) is 0 Å². The molecule has 1 saturated heterocycles. The van der Waals surface area contributed by atoms with Crippen LogP contribution in [0, 0.1) is 26.6 Å². The largest absolute Gasteiger partial charge is 0.488 e. The molecule has 192 valence electrons. The number of fused-ring (bicyclic) bond motifs is 1. The fourth-order valence-corrected chi connectivity index (χ4v) is 5.95. The van der Waals surface area contributed by atoms with Gasteiger partial charge in [0.05, 0.1) is 6.67 Å². The molecule has 1 aliphatic heterocycles. The highest BCUT2D eigenvalue weighted by atomic mass is 32.1. The van der Waals surface area contributed by atoms with Crippen molar-refractivity contribution in [3.8, 4) is 17.2 Å². The number of ether oxygens (including phenoxy) is 2. The second kappa shape index (κ2) is 10.6. The second-order valence-corrected chi connectivity index (χ2v) is 10.7. The maximum atomic E-state index is 13.9. The molecule has 0 N–H and O–H groups in total. The number of benzene rings is 3. The lowest BCUT2D eigenvalue weighted by molar-refractivity contribution is 0.0184. The molecular weight excluding hydrogens is 492 g/mol. The zero-order valence-electron chi connectivity index (χ0n) is 21.1. The van der Waals surface area contributed by atoms with Gasteiger partial charge in [-0.2, -0.15) is 0 Å². The number of carbonyl (C=O) groups excluding carboxylic acids is 1. The molecule has 4 aromatic rings. The molecule has 0 saturated carbocycles. The summed E-state index contributed by atoms with van der Waals surface area (Å²) in [7, 11) is 0. The van der Waals surface area contributed by atoms with E-state index in [-0.39, 0.29) is 24.4 Å². The lowest BCUT2D eigenvalue weighted by Gasteiger charge is -2.38. The van der Waals surface area contributed by atoms with Crippen LogP contribution < -0.4 is 9.47 Å². The van der Waals surface area contributed by atoms with Crippen LogP contribution in [0.25, 0.3) is 10.1 Å². The Labute approximate surface area is 219 Å². The van der Waals surface area contributed by atoms with Crippen molar-refractivity contribution in [2.75, 3.05) is 26.3 Å². The van der Waals surface area contributed by atoms with Crippen molar-refractivity contribution in [1.82, 2.24) is 4.90 Å². The van der Waals surface area contributed by atoms with E-state index in [1.54, 1.807) is 13.8 Å². The molecule has 7 heteroatoms. The number of thiophene rings is 1. The Morgan fingerprint density at radius 3 is 2.35 bits per heavy atom. The van der Waals surface area contributed by atoms with Crippen LogP contribution in [-0.2, 0) is 0 Å². The van der Waals surface area contributed by atoms with E-state index in [0.29, 0.717) is 39.5 Å². The first-order chi connectivity index (χ1) is 17.8. The number of carbonyl (C=O) groups is 1. The van der Waals surface area contributed by atoms with Gasteiger partial charge < -0.3 is 9.47 Å². The Kier molecular flexibility index (Phi) is 7.26. The molecule has 1 fully saturated rings. The second-order valence-electron chi connectivity index (χ2n) is 9.62. The molecule has 0 aliphatic carbocycles. The topological polar surface area (TPSA) is 38.8 Å². The minimum atomic E-state index is -0.355. The van der Waals surface area contributed by atoms with Crippen molar-refractivity contribution in [3.05, 3.63) is 87.5 Å². The van der Waals surface area contributed by atoms with Crippen LogP contribution in [0.5, 0.6) is 17.2 Å². The van der Waals surface area contributed by atoms with E-state index in [9.17, 15) is 13.6 Å². The molecule has 2 heterocycles. The number of halogens is 2. The highest BCUT2D eigenvalue weighted by molar-refractivity contribution is 7.21. The molecule has 1 aliphatic rings. The first kappa shape index (κ1) is 25.4. The average Bonchev–Trinajstić information content (AvgIpc) is 3.18. The van der Waals surface area contributed by atoms with Gasteiger partial charge in [0.25, 0.3) is 0 Å². The van der Waals surface area contributed by atoms with E-state index in [0.717, 1.165) is 41.0 Å². The summed E-state index contributed by atoms with van der Waals surface area (Å²) in [5.74, 6) is 1.30. The molecule has 0 atom stereocenters. The summed E-state index contributed by atoms with van der Waals surface area (Å²) in [6.07, 6.45) is 0.655. The zero-order valence-corrected chi connectivity index (χ0v) is 22.0. The smallest absolute Gasteiger partial charge is 0.207 e. The van der Waals surface area contributed by atoms with Gasteiger partial charge in [0, 0.05) is 35.3 Å². The van der Waals surface area contributed by atoms with Crippen molar-refractivity contribution in [2.45, 2.75) is 33.3 Å². The molecule has 37 heavy (non-hydrogen) atoms. The zero-order chi connectivity index (χ0) is 26.1. The maximum absolute atomic E-state index is 13.9. The van der Waals surface area contributed by atoms with Gasteiger partial charge in [0.2, 0.25) is 5.78 Å². The number of hydrogen-bond acceptors (Lipinski definition) is 5. The van der Waals surface area contributed by atoms with E-state index in [4.69, 9.17) is 9.47 Å². The van der Waals surface area contributed by atoms with Gasteiger partial charge in [-0.25, -0.2) is 4.39 Å². The maximum Gasteiger partial charge on any atom is 0.207 e. The number of hydrogen-bond donors (Lipinski definition) is 0. The van der Waals surface area contributed by atoms with E-state index < -0.39 is 0 Å². The summed E-state index contributed by atoms with van der Waals surface area (Å²) in [6.45, 7) is 7.58. The van der Waals surface area contributed by atoms with E-state index in [1.165, 1.54) is 23.5 Å². The minimum absolute atomic E-state index is 0.0989. The Bertz CT molecular complexity index is 1420.